The largest absolute Gasteiger partial charge is 0.478 e. The smallest absolute Gasteiger partial charge is 0.339 e. The van der Waals surface area contributed by atoms with Gasteiger partial charge in [0.2, 0.25) is 0 Å². The molecule has 6 fully saturated rings. The fourth-order valence-electron chi connectivity index (χ4n) is 13.1. The Morgan fingerprint density at radius 2 is 1.51 bits per heavy atom. The number of carboxylic acids is 1. The molecule has 0 radical (unpaired) electrons. The van der Waals surface area contributed by atoms with Crippen LogP contribution in [0, 0.1) is 50.2 Å². The van der Waals surface area contributed by atoms with E-state index in [-0.39, 0.29) is 68.0 Å². The van der Waals surface area contributed by atoms with Crippen molar-refractivity contribution in [2.24, 2.45) is 50.2 Å². The lowest BCUT2D eigenvalue weighted by Crippen LogP contribution is -2.76. The number of benzene rings is 1. The van der Waals surface area contributed by atoms with Crippen molar-refractivity contribution in [1.29, 1.82) is 0 Å². The second-order valence-corrected chi connectivity index (χ2v) is 18.0. The van der Waals surface area contributed by atoms with E-state index in [2.05, 4.69) is 48.5 Å². The molecular weight excluding hydrogens is 568 g/mol. The van der Waals surface area contributed by atoms with Gasteiger partial charge in [-0.15, -0.1) is 0 Å². The van der Waals surface area contributed by atoms with Gasteiger partial charge in [0.25, 0.3) is 0 Å². The second-order valence-electron chi connectivity index (χ2n) is 18.0. The van der Waals surface area contributed by atoms with Crippen molar-refractivity contribution in [2.45, 2.75) is 130 Å². The fraction of sp³-hybridized carbons (Fsp3) is 0.763. The van der Waals surface area contributed by atoms with Gasteiger partial charge < -0.3 is 19.7 Å². The molecule has 0 amide bonds. The molecule has 1 heterocycles. The van der Waals surface area contributed by atoms with Crippen molar-refractivity contribution in [3.8, 4) is 0 Å². The van der Waals surface area contributed by atoms with Crippen LogP contribution >= 0.6 is 0 Å². The van der Waals surface area contributed by atoms with Gasteiger partial charge >= 0.3 is 17.9 Å². The molecule has 1 aliphatic heterocycles. The maximum atomic E-state index is 13.9. The van der Waals surface area contributed by atoms with Crippen molar-refractivity contribution in [2.75, 3.05) is 0 Å². The molecule has 1 aromatic carbocycles. The monoisotopic (exact) mass is 620 g/mol. The molecule has 0 aromatic heterocycles. The quantitative estimate of drug-likeness (QED) is 0.338. The van der Waals surface area contributed by atoms with E-state index < -0.39 is 29.1 Å². The summed E-state index contributed by atoms with van der Waals surface area (Å²) in [7, 11) is 0. The van der Waals surface area contributed by atoms with E-state index in [1.807, 2.05) is 0 Å². The van der Waals surface area contributed by atoms with E-state index >= 15 is 0 Å². The molecule has 1 spiro atoms. The highest BCUT2D eigenvalue weighted by atomic mass is 16.6. The Morgan fingerprint density at radius 3 is 2.20 bits per heavy atom. The average molecular weight is 621 g/mol. The van der Waals surface area contributed by atoms with Crippen LogP contribution in [-0.2, 0) is 14.3 Å². The Hall–Kier alpha value is -2.41. The number of carbonyl (C=O) groups is 3. The minimum atomic E-state index is -1.14. The van der Waals surface area contributed by atoms with E-state index in [0.29, 0.717) is 12.8 Å². The SMILES string of the molecule is CC1(C)CC[C@@]23CC[C@]4(C)[C@@](OC2=O)([C@@H]3C1)[C@@H](O)C[C@@H]1[C@@]2(C)CC[C@H](OC(=O)c3ccccc3C(=O)O)C(C)(C)[C@@H]2CC[C@]14C. The van der Waals surface area contributed by atoms with Crippen molar-refractivity contribution in [1.82, 2.24) is 0 Å². The third kappa shape index (κ3) is 3.71. The van der Waals surface area contributed by atoms with Crippen LogP contribution in [0.4, 0.5) is 0 Å². The van der Waals surface area contributed by atoms with Crippen LogP contribution in [0.25, 0.3) is 0 Å². The first-order valence-corrected chi connectivity index (χ1v) is 17.3. The van der Waals surface area contributed by atoms with E-state index in [9.17, 15) is 24.6 Å². The highest BCUT2D eigenvalue weighted by Gasteiger charge is 2.83. The van der Waals surface area contributed by atoms with Gasteiger partial charge in [0.15, 0.2) is 0 Å². The predicted molar refractivity (Wildman–Crippen MR) is 168 cm³/mol. The Bertz CT molecular complexity index is 1460. The molecule has 10 atom stereocenters. The Labute approximate surface area is 267 Å². The number of hydrogen-bond donors (Lipinski definition) is 2. The number of aliphatic hydroxyl groups excluding tert-OH is 1. The van der Waals surface area contributed by atoms with Gasteiger partial charge in [-0.05, 0) is 104 Å². The van der Waals surface area contributed by atoms with Crippen molar-refractivity contribution < 1.29 is 34.1 Å². The molecule has 6 aliphatic rings. The molecule has 5 saturated carbocycles. The van der Waals surface area contributed by atoms with Crippen LogP contribution in [0.15, 0.2) is 24.3 Å². The molecule has 45 heavy (non-hydrogen) atoms. The molecule has 2 bridgehead atoms. The van der Waals surface area contributed by atoms with E-state index in [0.717, 1.165) is 51.4 Å². The van der Waals surface area contributed by atoms with Crippen LogP contribution < -0.4 is 0 Å². The lowest BCUT2D eigenvalue weighted by molar-refractivity contribution is -0.316. The number of aromatic carboxylic acids is 1. The van der Waals surface area contributed by atoms with Crippen molar-refractivity contribution >= 4 is 17.9 Å². The van der Waals surface area contributed by atoms with Gasteiger partial charge in [0.1, 0.15) is 11.7 Å². The minimum absolute atomic E-state index is 0.0403. The Morgan fingerprint density at radius 1 is 0.844 bits per heavy atom. The highest BCUT2D eigenvalue weighted by Crippen LogP contribution is 2.80. The maximum absolute atomic E-state index is 13.9. The molecule has 5 aliphatic carbocycles. The van der Waals surface area contributed by atoms with Crippen LogP contribution in [0.1, 0.15) is 133 Å². The average Bonchev–Trinajstić information content (AvgIpc) is 3.15. The molecule has 7 nitrogen and oxygen atoms in total. The lowest BCUT2D eigenvalue weighted by atomic mass is 9.30. The van der Waals surface area contributed by atoms with Crippen LogP contribution in [0.2, 0.25) is 0 Å². The standard InChI is InChI=1S/C38H52O7/c1-32(2)16-18-37-19-17-36(7)35(6)15-12-24-33(3,4)28(44-30(42)23-11-9-8-10-22(23)29(40)41)13-14-34(24,5)25(35)20-27(39)38(36,26(37)21-32)45-31(37)43/h8-11,24-28,39H,12-21H2,1-7H3,(H,40,41)/t24-,25+,26+,27-,28-,34-,35+,36-,37-,38+/m0/s1. The number of fused-ring (bicyclic) bond motifs is 4. The molecule has 1 aromatic rings. The molecule has 2 N–H and O–H groups in total. The Kier molecular flexibility index (Phi) is 6.49. The topological polar surface area (TPSA) is 110 Å². The number of carboxylic acid groups (broad SMARTS) is 1. The highest BCUT2D eigenvalue weighted by molar-refractivity contribution is 6.02. The summed E-state index contributed by atoms with van der Waals surface area (Å²) in [5.74, 6) is -1.27. The van der Waals surface area contributed by atoms with Gasteiger partial charge in [-0.2, -0.15) is 0 Å². The number of esters is 2. The molecule has 7 rings (SSSR count). The summed E-state index contributed by atoms with van der Waals surface area (Å²) < 4.78 is 12.9. The summed E-state index contributed by atoms with van der Waals surface area (Å²) in [6, 6.07) is 6.25. The zero-order chi connectivity index (χ0) is 32.6. The van der Waals surface area contributed by atoms with Crippen LogP contribution in [-0.4, -0.2) is 45.9 Å². The second kappa shape index (κ2) is 9.35. The maximum Gasteiger partial charge on any atom is 0.339 e. The zero-order valence-electron chi connectivity index (χ0n) is 28.2. The molecular formula is C38H52O7. The number of carbonyl (C=O) groups excluding carboxylic acids is 2. The summed E-state index contributed by atoms with van der Waals surface area (Å²) >= 11 is 0. The molecule has 7 heteroatoms. The van der Waals surface area contributed by atoms with E-state index in [4.69, 9.17) is 9.47 Å². The summed E-state index contributed by atoms with van der Waals surface area (Å²) in [5.41, 5.74) is -2.08. The van der Waals surface area contributed by atoms with Gasteiger partial charge in [0.05, 0.1) is 22.6 Å². The number of hydrogen-bond acceptors (Lipinski definition) is 6. The normalized spacial score (nSPS) is 47.3. The Balaban J connectivity index is 1.22. The molecule has 246 valence electrons. The van der Waals surface area contributed by atoms with E-state index in [1.165, 1.54) is 12.1 Å². The predicted octanol–water partition coefficient (Wildman–Crippen LogP) is 7.44. The first-order chi connectivity index (χ1) is 20.9. The van der Waals surface area contributed by atoms with E-state index in [1.54, 1.807) is 12.1 Å². The third-order valence-electron chi connectivity index (χ3n) is 15.6. The van der Waals surface area contributed by atoms with Gasteiger partial charge in [-0.3, -0.25) is 4.79 Å². The van der Waals surface area contributed by atoms with Crippen LogP contribution in [0.5, 0.6) is 0 Å². The number of aliphatic hydroxyl groups is 1. The molecule has 1 saturated heterocycles. The van der Waals surface area contributed by atoms with Gasteiger partial charge in [-0.25, -0.2) is 9.59 Å². The lowest BCUT2D eigenvalue weighted by Gasteiger charge is -2.74. The van der Waals surface area contributed by atoms with Crippen molar-refractivity contribution in [3.05, 3.63) is 35.4 Å². The van der Waals surface area contributed by atoms with Crippen molar-refractivity contribution in [3.63, 3.8) is 0 Å². The third-order valence-corrected chi connectivity index (χ3v) is 15.6. The summed E-state index contributed by atoms with van der Waals surface area (Å²) in [6.07, 6.45) is 7.56. The molecule has 0 unspecified atom stereocenters. The first kappa shape index (κ1) is 31.2. The first-order valence-electron chi connectivity index (χ1n) is 17.3. The summed E-state index contributed by atoms with van der Waals surface area (Å²) in [6.45, 7) is 16.2. The van der Waals surface area contributed by atoms with Gasteiger partial charge in [-0.1, -0.05) is 60.6 Å². The summed E-state index contributed by atoms with van der Waals surface area (Å²) in [5, 5.41) is 22.1. The van der Waals surface area contributed by atoms with Crippen LogP contribution in [0.3, 0.4) is 0 Å². The fourth-order valence-corrected chi connectivity index (χ4v) is 13.1. The minimum Gasteiger partial charge on any atom is -0.478 e. The zero-order valence-corrected chi connectivity index (χ0v) is 28.2. The number of ether oxygens (including phenoxy) is 2. The van der Waals surface area contributed by atoms with Gasteiger partial charge in [0, 0.05) is 16.7 Å². The summed E-state index contributed by atoms with van der Waals surface area (Å²) in [4.78, 5) is 39.1. The number of rotatable bonds is 3.